The van der Waals surface area contributed by atoms with Gasteiger partial charge in [-0.15, -0.1) is 0 Å². The van der Waals surface area contributed by atoms with Crippen molar-refractivity contribution in [3.63, 3.8) is 0 Å². The third-order valence-corrected chi connectivity index (χ3v) is 4.67. The summed E-state index contributed by atoms with van der Waals surface area (Å²) < 4.78 is 0. The van der Waals surface area contributed by atoms with Crippen LogP contribution in [0.4, 0.5) is 0 Å². The lowest BCUT2D eigenvalue weighted by atomic mass is 9.83. The fraction of sp³-hybridized carbons (Fsp3) is 0.562. The second-order valence-electron chi connectivity index (χ2n) is 6.25. The van der Waals surface area contributed by atoms with Crippen LogP contribution in [0.1, 0.15) is 32.8 Å². The highest BCUT2D eigenvalue weighted by atomic mass is 35.5. The molecule has 2 rings (SSSR count). The van der Waals surface area contributed by atoms with Crippen molar-refractivity contribution < 1.29 is 4.79 Å². The van der Waals surface area contributed by atoms with E-state index in [4.69, 9.17) is 17.3 Å². The van der Waals surface area contributed by atoms with E-state index >= 15 is 0 Å². The fourth-order valence-corrected chi connectivity index (χ4v) is 3.41. The smallest absolute Gasteiger partial charge is 0.232 e. The number of benzene rings is 1. The molecule has 1 aliphatic heterocycles. The van der Waals surface area contributed by atoms with Gasteiger partial charge in [0.05, 0.1) is 5.41 Å². The first-order valence-corrected chi connectivity index (χ1v) is 7.52. The molecule has 0 spiro atoms. The summed E-state index contributed by atoms with van der Waals surface area (Å²) in [5.41, 5.74) is 6.01. The van der Waals surface area contributed by atoms with Crippen LogP contribution in [0.2, 0.25) is 5.02 Å². The van der Waals surface area contributed by atoms with Crippen LogP contribution in [-0.2, 0) is 10.2 Å². The predicted molar refractivity (Wildman–Crippen MR) is 82.8 cm³/mol. The first-order chi connectivity index (χ1) is 9.37. The predicted octanol–water partition coefficient (Wildman–Crippen LogP) is 2.81. The van der Waals surface area contributed by atoms with E-state index in [0.29, 0.717) is 17.5 Å². The van der Waals surface area contributed by atoms with Crippen LogP contribution < -0.4 is 5.73 Å². The maximum Gasteiger partial charge on any atom is 0.232 e. The Kier molecular flexibility index (Phi) is 4.40. The number of hydrogen-bond acceptors (Lipinski definition) is 2. The molecule has 110 valence electrons. The molecule has 4 heteroatoms. The molecule has 2 N–H and O–H groups in total. The number of amides is 1. The largest absolute Gasteiger partial charge is 0.339 e. The molecule has 1 aromatic carbocycles. The number of carbonyl (C=O) groups excluding carboxylic acids is 1. The Morgan fingerprint density at radius 1 is 1.45 bits per heavy atom. The van der Waals surface area contributed by atoms with Crippen molar-refractivity contribution in [3.05, 3.63) is 34.9 Å². The number of nitrogens with two attached hydrogens (primary N) is 1. The lowest BCUT2D eigenvalue weighted by Crippen LogP contribution is -2.45. The molecule has 0 bridgehead atoms. The normalized spacial score (nSPS) is 23.1. The van der Waals surface area contributed by atoms with Crippen molar-refractivity contribution in [1.82, 2.24) is 4.90 Å². The third kappa shape index (κ3) is 2.70. The SMILES string of the molecule is CC1CC(CN)CN1C(=O)C(C)(C)c1ccccc1Cl. The summed E-state index contributed by atoms with van der Waals surface area (Å²) in [5, 5.41) is 0.646. The van der Waals surface area contributed by atoms with Gasteiger partial charge in [-0.05, 0) is 51.3 Å². The molecule has 1 aliphatic rings. The zero-order valence-corrected chi connectivity index (χ0v) is 13.2. The minimum Gasteiger partial charge on any atom is -0.339 e. The van der Waals surface area contributed by atoms with Crippen LogP contribution in [0.5, 0.6) is 0 Å². The molecule has 0 aromatic heterocycles. The van der Waals surface area contributed by atoms with Crippen LogP contribution in [0.15, 0.2) is 24.3 Å². The Bertz CT molecular complexity index is 501. The van der Waals surface area contributed by atoms with Gasteiger partial charge in [0.2, 0.25) is 5.91 Å². The summed E-state index contributed by atoms with van der Waals surface area (Å²) >= 11 is 6.26. The average Bonchev–Trinajstić information content (AvgIpc) is 2.79. The molecule has 20 heavy (non-hydrogen) atoms. The first kappa shape index (κ1) is 15.3. The standard InChI is InChI=1S/C16H23ClN2O/c1-11-8-12(9-18)10-19(11)15(20)16(2,3)13-6-4-5-7-14(13)17/h4-7,11-12H,8-10,18H2,1-3H3. The number of hydrogen-bond donors (Lipinski definition) is 1. The third-order valence-electron chi connectivity index (χ3n) is 4.34. The molecule has 1 heterocycles. The Hall–Kier alpha value is -1.06. The van der Waals surface area contributed by atoms with Crippen molar-refractivity contribution in [2.24, 2.45) is 11.7 Å². The highest BCUT2D eigenvalue weighted by Gasteiger charge is 2.40. The Balaban J connectivity index is 2.26. The molecule has 2 unspecified atom stereocenters. The van der Waals surface area contributed by atoms with Gasteiger partial charge in [0.1, 0.15) is 0 Å². The molecule has 1 aromatic rings. The van der Waals surface area contributed by atoms with Crippen LogP contribution in [0.3, 0.4) is 0 Å². The molecule has 1 amide bonds. The summed E-state index contributed by atoms with van der Waals surface area (Å²) in [4.78, 5) is 14.9. The summed E-state index contributed by atoms with van der Waals surface area (Å²) in [7, 11) is 0. The second kappa shape index (κ2) is 5.74. The number of likely N-dealkylation sites (tertiary alicyclic amines) is 1. The quantitative estimate of drug-likeness (QED) is 0.932. The van der Waals surface area contributed by atoms with E-state index in [2.05, 4.69) is 6.92 Å². The van der Waals surface area contributed by atoms with Gasteiger partial charge < -0.3 is 10.6 Å². The van der Waals surface area contributed by atoms with Gasteiger partial charge in [-0.3, -0.25) is 4.79 Å². The number of carbonyl (C=O) groups is 1. The molecular formula is C16H23ClN2O. The van der Waals surface area contributed by atoms with Gasteiger partial charge in [0.25, 0.3) is 0 Å². The molecule has 1 saturated heterocycles. The maximum atomic E-state index is 12.9. The van der Waals surface area contributed by atoms with Gasteiger partial charge in [0.15, 0.2) is 0 Å². The second-order valence-corrected chi connectivity index (χ2v) is 6.66. The monoisotopic (exact) mass is 294 g/mol. The topological polar surface area (TPSA) is 46.3 Å². The maximum absolute atomic E-state index is 12.9. The van der Waals surface area contributed by atoms with Crippen molar-refractivity contribution in [2.45, 2.75) is 38.6 Å². The molecule has 1 fully saturated rings. The lowest BCUT2D eigenvalue weighted by molar-refractivity contribution is -0.136. The number of halogens is 1. The molecule has 2 atom stereocenters. The van der Waals surface area contributed by atoms with E-state index in [1.165, 1.54) is 0 Å². The summed E-state index contributed by atoms with van der Waals surface area (Å²) in [5.74, 6) is 0.546. The molecule has 0 aliphatic carbocycles. The number of rotatable bonds is 3. The van der Waals surface area contributed by atoms with Gasteiger partial charge in [0, 0.05) is 17.6 Å². The van der Waals surface area contributed by atoms with E-state index in [1.807, 2.05) is 43.0 Å². The first-order valence-electron chi connectivity index (χ1n) is 7.14. The zero-order chi connectivity index (χ0) is 14.9. The highest BCUT2D eigenvalue weighted by Crippen LogP contribution is 2.34. The van der Waals surface area contributed by atoms with Gasteiger partial charge in [-0.25, -0.2) is 0 Å². The van der Waals surface area contributed by atoms with Gasteiger partial charge in [-0.1, -0.05) is 29.8 Å². The van der Waals surface area contributed by atoms with E-state index in [1.54, 1.807) is 0 Å². The Labute approximate surface area is 126 Å². The molecule has 3 nitrogen and oxygen atoms in total. The van der Waals surface area contributed by atoms with Crippen LogP contribution >= 0.6 is 11.6 Å². The van der Waals surface area contributed by atoms with E-state index in [9.17, 15) is 4.79 Å². The summed E-state index contributed by atoms with van der Waals surface area (Å²) in [6.07, 6.45) is 0.987. The Morgan fingerprint density at radius 3 is 2.65 bits per heavy atom. The van der Waals surface area contributed by atoms with Gasteiger partial charge >= 0.3 is 0 Å². The molecule has 0 radical (unpaired) electrons. The van der Waals surface area contributed by atoms with Crippen LogP contribution in [0, 0.1) is 5.92 Å². The summed E-state index contributed by atoms with van der Waals surface area (Å²) in [6.45, 7) is 7.37. The van der Waals surface area contributed by atoms with Crippen LogP contribution in [-0.4, -0.2) is 29.9 Å². The molecule has 0 saturated carbocycles. The van der Waals surface area contributed by atoms with Crippen molar-refractivity contribution in [3.8, 4) is 0 Å². The van der Waals surface area contributed by atoms with E-state index in [0.717, 1.165) is 18.5 Å². The minimum atomic E-state index is -0.615. The van der Waals surface area contributed by atoms with E-state index in [-0.39, 0.29) is 11.9 Å². The molecular weight excluding hydrogens is 272 g/mol. The van der Waals surface area contributed by atoms with Crippen molar-refractivity contribution in [2.75, 3.05) is 13.1 Å². The van der Waals surface area contributed by atoms with Gasteiger partial charge in [-0.2, -0.15) is 0 Å². The fourth-order valence-electron chi connectivity index (χ4n) is 3.04. The zero-order valence-electron chi connectivity index (χ0n) is 12.4. The van der Waals surface area contributed by atoms with Crippen molar-refractivity contribution >= 4 is 17.5 Å². The minimum absolute atomic E-state index is 0.133. The number of nitrogens with zero attached hydrogens (tertiary/aromatic N) is 1. The lowest BCUT2D eigenvalue weighted by Gasteiger charge is -2.33. The van der Waals surface area contributed by atoms with E-state index < -0.39 is 5.41 Å². The van der Waals surface area contributed by atoms with Crippen LogP contribution in [0.25, 0.3) is 0 Å². The highest BCUT2D eigenvalue weighted by molar-refractivity contribution is 6.31. The summed E-state index contributed by atoms with van der Waals surface area (Å²) in [6, 6.07) is 7.82. The van der Waals surface area contributed by atoms with Crippen molar-refractivity contribution in [1.29, 1.82) is 0 Å². The Morgan fingerprint density at radius 2 is 2.10 bits per heavy atom. The average molecular weight is 295 g/mol.